The van der Waals surface area contributed by atoms with E-state index in [4.69, 9.17) is 9.47 Å². The average molecular weight is 528 g/mol. The van der Waals surface area contributed by atoms with Gasteiger partial charge in [-0.2, -0.15) is 0 Å². The summed E-state index contributed by atoms with van der Waals surface area (Å²) in [7, 11) is 0. The van der Waals surface area contributed by atoms with E-state index >= 15 is 0 Å². The van der Waals surface area contributed by atoms with E-state index in [0.29, 0.717) is 6.61 Å². The van der Waals surface area contributed by atoms with Gasteiger partial charge in [-0.1, -0.05) is 87.1 Å². The molecule has 0 amide bonds. The lowest BCUT2D eigenvalue weighted by Crippen LogP contribution is -2.25. The van der Waals surface area contributed by atoms with Crippen molar-refractivity contribution in [3.63, 3.8) is 0 Å². The number of fused-ring (bicyclic) bond motifs is 1. The Kier molecular flexibility index (Phi) is 10.2. The zero-order valence-electron chi connectivity index (χ0n) is 23.4. The summed E-state index contributed by atoms with van der Waals surface area (Å²) in [6.45, 7) is 5.34. The molecule has 0 unspecified atom stereocenters. The van der Waals surface area contributed by atoms with Gasteiger partial charge in [0.1, 0.15) is 17.2 Å². The van der Waals surface area contributed by atoms with E-state index in [1.54, 1.807) is 12.1 Å². The number of ether oxygens (including phenoxy) is 2. The number of hydrogen-bond acceptors (Lipinski definition) is 4. The molecule has 5 rings (SSSR count). The zero-order valence-corrected chi connectivity index (χ0v) is 23.4. The third-order valence-electron chi connectivity index (χ3n) is 8.46. The van der Waals surface area contributed by atoms with E-state index in [-0.39, 0.29) is 17.6 Å². The lowest BCUT2D eigenvalue weighted by atomic mass is 9.76. The fourth-order valence-corrected chi connectivity index (χ4v) is 6.26. The number of likely N-dealkylation sites (tertiary alicyclic amines) is 1. The van der Waals surface area contributed by atoms with Crippen LogP contribution in [0.25, 0.3) is 0 Å². The number of benzene rings is 3. The van der Waals surface area contributed by atoms with E-state index in [1.807, 2.05) is 6.07 Å². The monoisotopic (exact) mass is 527 g/mol. The number of hydrogen-bond donors (Lipinski definition) is 1. The van der Waals surface area contributed by atoms with Crippen molar-refractivity contribution >= 4 is 0 Å². The molecule has 1 saturated heterocycles. The molecule has 0 saturated carbocycles. The normalized spacial score (nSPS) is 19.0. The predicted molar refractivity (Wildman–Crippen MR) is 159 cm³/mol. The number of aromatic hydroxyl groups is 1. The molecule has 208 valence electrons. The first-order chi connectivity index (χ1) is 19.3. The van der Waals surface area contributed by atoms with Gasteiger partial charge in [0.15, 0.2) is 0 Å². The van der Waals surface area contributed by atoms with Gasteiger partial charge in [0, 0.05) is 23.5 Å². The van der Waals surface area contributed by atoms with Crippen molar-refractivity contribution in [2.75, 3.05) is 32.8 Å². The minimum Gasteiger partial charge on any atom is -0.508 e. The van der Waals surface area contributed by atoms with Crippen LogP contribution in [0.15, 0.2) is 72.8 Å². The van der Waals surface area contributed by atoms with Gasteiger partial charge in [0.2, 0.25) is 0 Å². The molecule has 4 heteroatoms. The van der Waals surface area contributed by atoms with Crippen molar-refractivity contribution in [1.29, 1.82) is 0 Å². The number of nitrogens with zero attached hydrogens (tertiary/aromatic N) is 1. The van der Waals surface area contributed by atoms with Crippen LogP contribution in [0.5, 0.6) is 17.2 Å². The van der Waals surface area contributed by atoms with Crippen LogP contribution in [-0.4, -0.2) is 42.9 Å². The lowest BCUT2D eigenvalue weighted by molar-refractivity contribution is 0.247. The minimum absolute atomic E-state index is 0.158. The van der Waals surface area contributed by atoms with Crippen molar-refractivity contribution < 1.29 is 14.6 Å². The Morgan fingerprint density at radius 3 is 2.18 bits per heavy atom. The molecular weight excluding hydrogens is 482 g/mol. The van der Waals surface area contributed by atoms with E-state index in [9.17, 15) is 5.11 Å². The number of phenols is 1. The summed E-state index contributed by atoms with van der Waals surface area (Å²) < 4.78 is 12.2. The molecule has 4 nitrogen and oxygen atoms in total. The van der Waals surface area contributed by atoms with E-state index in [1.165, 1.54) is 88.5 Å². The topological polar surface area (TPSA) is 41.9 Å². The van der Waals surface area contributed by atoms with E-state index < -0.39 is 0 Å². The first-order valence-electron chi connectivity index (χ1n) is 15.2. The second-order valence-electron chi connectivity index (χ2n) is 11.3. The van der Waals surface area contributed by atoms with Crippen molar-refractivity contribution in [2.45, 2.75) is 76.0 Å². The van der Waals surface area contributed by atoms with Gasteiger partial charge >= 0.3 is 0 Å². The molecule has 1 fully saturated rings. The Hall–Kier alpha value is -2.98. The molecule has 3 aromatic rings. The maximum atomic E-state index is 9.99. The highest BCUT2D eigenvalue weighted by molar-refractivity contribution is 5.50. The highest BCUT2D eigenvalue weighted by Crippen LogP contribution is 2.47. The molecule has 0 aliphatic carbocycles. The first-order valence-corrected chi connectivity index (χ1v) is 15.2. The Morgan fingerprint density at radius 2 is 1.44 bits per heavy atom. The smallest absolute Gasteiger partial charge is 0.126 e. The van der Waals surface area contributed by atoms with Crippen LogP contribution in [0, 0.1) is 0 Å². The molecule has 3 aromatic carbocycles. The molecule has 2 heterocycles. The number of phenolic OH excluding ortho intramolecular Hbond substituents is 1. The molecule has 0 aromatic heterocycles. The second-order valence-corrected chi connectivity index (χ2v) is 11.3. The van der Waals surface area contributed by atoms with Gasteiger partial charge in [-0.05, 0) is 74.6 Å². The fourth-order valence-electron chi connectivity index (χ4n) is 6.26. The van der Waals surface area contributed by atoms with Crippen molar-refractivity contribution in [1.82, 2.24) is 4.90 Å². The van der Waals surface area contributed by atoms with Gasteiger partial charge < -0.3 is 19.5 Å². The number of rotatable bonds is 14. The molecule has 2 aliphatic heterocycles. The molecule has 0 spiro atoms. The molecule has 0 bridgehead atoms. The predicted octanol–water partition coefficient (Wildman–Crippen LogP) is 8.30. The summed E-state index contributed by atoms with van der Waals surface area (Å²) in [6.07, 6.45) is 13.4. The summed E-state index contributed by atoms with van der Waals surface area (Å²) in [4.78, 5) is 2.63. The number of unbranched alkanes of at least 4 members (excludes halogenated alkanes) is 7. The van der Waals surface area contributed by atoms with Crippen LogP contribution in [0.3, 0.4) is 0 Å². The highest BCUT2D eigenvalue weighted by atomic mass is 16.5. The van der Waals surface area contributed by atoms with Crippen molar-refractivity contribution in [3.8, 4) is 17.2 Å². The van der Waals surface area contributed by atoms with E-state index in [0.717, 1.165) is 30.1 Å². The van der Waals surface area contributed by atoms with Gasteiger partial charge in [0.05, 0.1) is 13.2 Å². The lowest BCUT2D eigenvalue weighted by Gasteiger charge is -2.34. The Morgan fingerprint density at radius 1 is 0.744 bits per heavy atom. The van der Waals surface area contributed by atoms with Gasteiger partial charge in [-0.15, -0.1) is 0 Å². The van der Waals surface area contributed by atoms with Crippen LogP contribution in [0.4, 0.5) is 0 Å². The maximum absolute atomic E-state index is 9.99. The van der Waals surface area contributed by atoms with Gasteiger partial charge in [0.25, 0.3) is 0 Å². The van der Waals surface area contributed by atoms with Gasteiger partial charge in [-0.3, -0.25) is 0 Å². The summed E-state index contributed by atoms with van der Waals surface area (Å²) >= 11 is 0. The first kappa shape index (κ1) is 27.6. The van der Waals surface area contributed by atoms with Crippen molar-refractivity contribution in [3.05, 3.63) is 89.5 Å². The molecule has 2 aliphatic rings. The molecule has 2 atom stereocenters. The zero-order chi connectivity index (χ0) is 26.7. The largest absolute Gasteiger partial charge is 0.508 e. The third-order valence-corrected chi connectivity index (χ3v) is 8.46. The molecule has 0 radical (unpaired) electrons. The van der Waals surface area contributed by atoms with E-state index in [2.05, 4.69) is 59.5 Å². The van der Waals surface area contributed by atoms with Crippen LogP contribution in [-0.2, 0) is 0 Å². The molecule has 39 heavy (non-hydrogen) atoms. The summed E-state index contributed by atoms with van der Waals surface area (Å²) in [6, 6.07) is 24.7. The third kappa shape index (κ3) is 7.79. The average Bonchev–Trinajstić information content (AvgIpc) is 3.50. The van der Waals surface area contributed by atoms with Crippen LogP contribution >= 0.6 is 0 Å². The highest BCUT2D eigenvalue weighted by Gasteiger charge is 2.33. The van der Waals surface area contributed by atoms with Crippen LogP contribution in [0.1, 0.15) is 92.7 Å². The minimum atomic E-state index is 0.158. The van der Waals surface area contributed by atoms with Crippen LogP contribution in [0.2, 0.25) is 0 Å². The molecule has 1 N–H and O–H groups in total. The molecular formula is C35H45NO3. The summed E-state index contributed by atoms with van der Waals surface area (Å²) in [5.74, 6) is 2.31. The summed E-state index contributed by atoms with van der Waals surface area (Å²) in [5, 5.41) is 9.99. The standard InChI is InChI=1S/C35H45NO3/c37-30-18-21-32-34(26-30)39-27-33(28-14-8-7-9-15-28)35(32)29-16-19-31(20-17-29)38-25-13-6-4-2-1-3-5-10-22-36-23-11-12-24-36/h7-9,14-21,26,33,35,37H,1-6,10-13,22-25,27H2/t33-,35+/m1/s1. The van der Waals surface area contributed by atoms with Crippen LogP contribution < -0.4 is 9.47 Å². The van der Waals surface area contributed by atoms with Gasteiger partial charge in [-0.25, -0.2) is 0 Å². The SMILES string of the molecule is Oc1ccc2c(c1)OC[C@H](c1ccccc1)[C@H]2c1ccc(OCCCCCCCCCCN2CCCC2)cc1. The fraction of sp³-hybridized carbons (Fsp3) is 0.486. The summed E-state index contributed by atoms with van der Waals surface area (Å²) in [5.41, 5.74) is 3.63. The maximum Gasteiger partial charge on any atom is 0.126 e. The van der Waals surface area contributed by atoms with Crippen molar-refractivity contribution in [2.24, 2.45) is 0 Å². The Labute approximate surface area is 235 Å². The Balaban J connectivity index is 1.05. The quantitative estimate of drug-likeness (QED) is 0.214. The Bertz CT molecular complexity index is 1120. The second kappa shape index (κ2) is 14.4.